The Morgan fingerprint density at radius 1 is 1.35 bits per heavy atom. The zero-order valence-electron chi connectivity index (χ0n) is 10.5. The number of benzene rings is 1. The highest BCUT2D eigenvalue weighted by Gasteiger charge is 2.06. The van der Waals surface area contributed by atoms with E-state index in [0.29, 0.717) is 18.0 Å². The predicted octanol–water partition coefficient (Wildman–Crippen LogP) is 3.99. The van der Waals surface area contributed by atoms with Gasteiger partial charge in [0.25, 0.3) is 0 Å². The Balaban J connectivity index is 2.36. The summed E-state index contributed by atoms with van der Waals surface area (Å²) in [7, 11) is 1.69. The van der Waals surface area contributed by atoms with Crippen molar-refractivity contribution in [2.45, 2.75) is 26.2 Å². The largest absolute Gasteiger partial charge is 0.490 e. The third kappa shape index (κ3) is 4.47. The van der Waals surface area contributed by atoms with Crippen LogP contribution in [-0.2, 0) is 0 Å². The van der Waals surface area contributed by atoms with E-state index in [9.17, 15) is 4.39 Å². The van der Waals surface area contributed by atoms with Gasteiger partial charge in [0.15, 0.2) is 11.6 Å². The Bertz CT molecular complexity index is 363. The molecular weight excluding hydrogens is 217 g/mol. The normalized spacial score (nSPS) is 10.8. The lowest BCUT2D eigenvalue weighted by Crippen LogP contribution is -2.01. The number of nitrogens with one attached hydrogen (secondary N) is 1. The minimum Gasteiger partial charge on any atom is -0.490 e. The number of halogens is 1. The molecule has 1 N–H and O–H groups in total. The van der Waals surface area contributed by atoms with E-state index in [2.05, 4.69) is 11.4 Å². The van der Waals surface area contributed by atoms with Gasteiger partial charge >= 0.3 is 0 Å². The van der Waals surface area contributed by atoms with Gasteiger partial charge in [-0.1, -0.05) is 18.2 Å². The van der Waals surface area contributed by atoms with Gasteiger partial charge in [0, 0.05) is 7.05 Å². The van der Waals surface area contributed by atoms with Gasteiger partial charge in [-0.15, -0.1) is 0 Å². The van der Waals surface area contributed by atoms with Gasteiger partial charge in [-0.05, 0) is 38.3 Å². The van der Waals surface area contributed by atoms with Crippen molar-refractivity contribution in [2.75, 3.05) is 19.0 Å². The molecule has 0 amide bonds. The molecule has 0 aliphatic carbocycles. The minimum atomic E-state index is -0.316. The molecule has 1 aromatic carbocycles. The molecule has 2 nitrogen and oxygen atoms in total. The number of unbranched alkanes of at least 4 members (excludes halogenated alkanes) is 2. The number of rotatable bonds is 7. The summed E-state index contributed by atoms with van der Waals surface area (Å²) in [4.78, 5) is 0. The second-order valence-corrected chi connectivity index (χ2v) is 3.78. The number of anilines is 1. The van der Waals surface area contributed by atoms with E-state index in [1.165, 1.54) is 0 Å². The third-order valence-electron chi connectivity index (χ3n) is 2.49. The van der Waals surface area contributed by atoms with Crippen LogP contribution in [0.1, 0.15) is 26.2 Å². The van der Waals surface area contributed by atoms with E-state index in [1.54, 1.807) is 25.2 Å². The molecule has 0 unspecified atom stereocenters. The van der Waals surface area contributed by atoms with Crippen molar-refractivity contribution in [2.24, 2.45) is 0 Å². The van der Waals surface area contributed by atoms with Crippen molar-refractivity contribution >= 4 is 5.69 Å². The summed E-state index contributed by atoms with van der Waals surface area (Å²) in [6, 6.07) is 5.13. The molecule has 0 bridgehead atoms. The van der Waals surface area contributed by atoms with Crippen LogP contribution in [0.5, 0.6) is 5.75 Å². The van der Waals surface area contributed by atoms with Crippen LogP contribution in [0.25, 0.3) is 0 Å². The van der Waals surface area contributed by atoms with E-state index >= 15 is 0 Å². The molecule has 0 saturated heterocycles. The van der Waals surface area contributed by atoms with Crippen molar-refractivity contribution in [3.05, 3.63) is 36.2 Å². The SMILES string of the molecule is CC=CCCCCOc1cccc(NC)c1F. The van der Waals surface area contributed by atoms with Crippen LogP contribution < -0.4 is 10.1 Å². The van der Waals surface area contributed by atoms with Crippen LogP contribution in [0.15, 0.2) is 30.4 Å². The first kappa shape index (κ1) is 13.6. The molecular formula is C14H20FNO. The fourth-order valence-electron chi connectivity index (χ4n) is 1.53. The molecule has 1 aromatic rings. The summed E-state index contributed by atoms with van der Waals surface area (Å²) in [5.41, 5.74) is 0.469. The van der Waals surface area contributed by atoms with Gasteiger partial charge in [-0.2, -0.15) is 0 Å². The van der Waals surface area contributed by atoms with Crippen LogP contribution in [-0.4, -0.2) is 13.7 Å². The Morgan fingerprint density at radius 3 is 2.88 bits per heavy atom. The van der Waals surface area contributed by atoms with Crippen LogP contribution in [0.4, 0.5) is 10.1 Å². The van der Waals surface area contributed by atoms with E-state index < -0.39 is 0 Å². The molecule has 1 rings (SSSR count). The van der Waals surface area contributed by atoms with Crippen molar-refractivity contribution in [1.82, 2.24) is 0 Å². The summed E-state index contributed by atoms with van der Waals surface area (Å²) in [6.45, 7) is 2.57. The molecule has 94 valence electrons. The molecule has 0 spiro atoms. The van der Waals surface area contributed by atoms with Crippen molar-refractivity contribution in [1.29, 1.82) is 0 Å². The van der Waals surface area contributed by atoms with Crippen LogP contribution in [0, 0.1) is 5.82 Å². The summed E-state index contributed by atoms with van der Waals surface area (Å²) in [5, 5.41) is 2.79. The first-order valence-electron chi connectivity index (χ1n) is 5.99. The van der Waals surface area contributed by atoms with Crippen molar-refractivity contribution < 1.29 is 9.13 Å². The first-order chi connectivity index (χ1) is 8.29. The van der Waals surface area contributed by atoms with Gasteiger partial charge in [0.2, 0.25) is 0 Å². The van der Waals surface area contributed by atoms with Gasteiger partial charge in [-0.3, -0.25) is 0 Å². The predicted molar refractivity (Wildman–Crippen MR) is 70.1 cm³/mol. The van der Waals surface area contributed by atoms with E-state index in [-0.39, 0.29) is 5.82 Å². The molecule has 0 heterocycles. The van der Waals surface area contributed by atoms with Gasteiger partial charge < -0.3 is 10.1 Å². The summed E-state index contributed by atoms with van der Waals surface area (Å²) in [5.74, 6) is 0.00587. The summed E-state index contributed by atoms with van der Waals surface area (Å²) < 4.78 is 19.1. The summed E-state index contributed by atoms with van der Waals surface area (Å²) >= 11 is 0. The molecule has 3 heteroatoms. The van der Waals surface area contributed by atoms with Crippen LogP contribution >= 0.6 is 0 Å². The minimum absolute atomic E-state index is 0.316. The third-order valence-corrected chi connectivity index (χ3v) is 2.49. The van der Waals surface area contributed by atoms with Crippen LogP contribution in [0.3, 0.4) is 0 Å². The highest BCUT2D eigenvalue weighted by molar-refractivity contribution is 5.49. The molecule has 0 aliphatic rings. The maximum Gasteiger partial charge on any atom is 0.188 e. The fourth-order valence-corrected chi connectivity index (χ4v) is 1.53. The average Bonchev–Trinajstić information content (AvgIpc) is 2.35. The summed E-state index contributed by atoms with van der Waals surface area (Å²) in [6.07, 6.45) is 7.23. The standard InChI is InChI=1S/C14H20FNO/c1-3-4-5-6-7-11-17-13-10-8-9-12(16-2)14(13)15/h3-4,8-10,16H,5-7,11H2,1-2H3. The zero-order valence-corrected chi connectivity index (χ0v) is 10.5. The van der Waals surface area contributed by atoms with Crippen molar-refractivity contribution in [3.63, 3.8) is 0 Å². The molecule has 0 radical (unpaired) electrons. The molecule has 0 aliphatic heterocycles. The Hall–Kier alpha value is -1.51. The number of hydrogen-bond donors (Lipinski definition) is 1. The van der Waals surface area contributed by atoms with Gasteiger partial charge in [-0.25, -0.2) is 4.39 Å². The first-order valence-corrected chi connectivity index (χ1v) is 5.99. The molecule has 0 atom stereocenters. The van der Waals surface area contributed by atoms with E-state index in [1.807, 2.05) is 13.0 Å². The lowest BCUT2D eigenvalue weighted by atomic mass is 10.2. The number of ether oxygens (including phenoxy) is 1. The highest BCUT2D eigenvalue weighted by Crippen LogP contribution is 2.24. The monoisotopic (exact) mass is 237 g/mol. The second kappa shape index (κ2) is 7.71. The van der Waals surface area contributed by atoms with Gasteiger partial charge in [0.05, 0.1) is 12.3 Å². The number of hydrogen-bond acceptors (Lipinski definition) is 2. The molecule has 0 fully saturated rings. The molecule has 17 heavy (non-hydrogen) atoms. The van der Waals surface area contributed by atoms with E-state index in [4.69, 9.17) is 4.74 Å². The Morgan fingerprint density at radius 2 is 2.18 bits per heavy atom. The van der Waals surface area contributed by atoms with Crippen LogP contribution in [0.2, 0.25) is 0 Å². The average molecular weight is 237 g/mol. The molecule has 0 aromatic heterocycles. The highest BCUT2D eigenvalue weighted by atomic mass is 19.1. The topological polar surface area (TPSA) is 21.3 Å². The lowest BCUT2D eigenvalue weighted by Gasteiger charge is -2.09. The van der Waals surface area contributed by atoms with E-state index in [0.717, 1.165) is 19.3 Å². The lowest BCUT2D eigenvalue weighted by molar-refractivity contribution is 0.293. The molecule has 0 saturated carbocycles. The Kier molecular flexibility index (Phi) is 6.15. The maximum absolute atomic E-state index is 13.7. The quantitative estimate of drug-likeness (QED) is 0.572. The fraction of sp³-hybridized carbons (Fsp3) is 0.429. The maximum atomic E-state index is 13.7. The Labute approximate surface area is 102 Å². The van der Waals surface area contributed by atoms with Gasteiger partial charge in [0.1, 0.15) is 0 Å². The van der Waals surface area contributed by atoms with Crippen molar-refractivity contribution in [3.8, 4) is 5.75 Å². The zero-order chi connectivity index (χ0) is 12.5. The second-order valence-electron chi connectivity index (χ2n) is 3.78. The number of allylic oxidation sites excluding steroid dienone is 2. The smallest absolute Gasteiger partial charge is 0.188 e.